The van der Waals surface area contributed by atoms with E-state index in [4.69, 9.17) is 19.3 Å². The van der Waals surface area contributed by atoms with Crippen molar-refractivity contribution < 1.29 is 19.0 Å². The average Bonchev–Trinajstić information content (AvgIpc) is 3.24. The third kappa shape index (κ3) is 4.79. The Morgan fingerprint density at radius 3 is 2.44 bits per heavy atom. The highest BCUT2D eigenvalue weighted by Gasteiger charge is 2.35. The number of benzene rings is 2. The van der Waals surface area contributed by atoms with E-state index in [0.717, 1.165) is 29.9 Å². The molecule has 2 aliphatic heterocycles. The highest BCUT2D eigenvalue weighted by Crippen LogP contribution is 2.36. The molecule has 0 radical (unpaired) electrons. The molecule has 1 fully saturated rings. The quantitative estimate of drug-likeness (QED) is 0.692. The van der Waals surface area contributed by atoms with Gasteiger partial charge in [0, 0.05) is 31.1 Å². The van der Waals surface area contributed by atoms with Gasteiger partial charge in [0.25, 0.3) is 5.91 Å². The summed E-state index contributed by atoms with van der Waals surface area (Å²) in [6.45, 7) is 5.88. The molecule has 2 aromatic carbocycles. The molecule has 0 saturated carbocycles. The molecular formula is C25H31N3O4. The summed E-state index contributed by atoms with van der Waals surface area (Å²) in [7, 11) is 3.26. The summed E-state index contributed by atoms with van der Waals surface area (Å²) in [6, 6.07) is 15.6. The first-order valence-corrected chi connectivity index (χ1v) is 11.0. The molecule has 0 aromatic heterocycles. The van der Waals surface area contributed by atoms with Crippen LogP contribution in [0, 0.1) is 0 Å². The molecular weight excluding hydrogens is 406 g/mol. The molecule has 3 atom stereocenters. The summed E-state index contributed by atoms with van der Waals surface area (Å²) in [6.07, 6.45) is 0.837. The van der Waals surface area contributed by atoms with E-state index >= 15 is 0 Å². The summed E-state index contributed by atoms with van der Waals surface area (Å²) in [5.41, 5.74) is 2.77. The summed E-state index contributed by atoms with van der Waals surface area (Å²) in [5, 5.41) is 6.46. The summed E-state index contributed by atoms with van der Waals surface area (Å²) in [4.78, 5) is 15.6. The summed E-state index contributed by atoms with van der Waals surface area (Å²) in [5.74, 6) is 1.38. The van der Waals surface area contributed by atoms with Crippen molar-refractivity contribution in [3.63, 3.8) is 0 Å². The predicted molar refractivity (Wildman–Crippen MR) is 123 cm³/mol. The number of morpholine rings is 1. The maximum atomic E-state index is 13.4. The number of rotatable bonds is 6. The maximum absolute atomic E-state index is 13.4. The van der Waals surface area contributed by atoms with Gasteiger partial charge in [0.2, 0.25) is 0 Å². The lowest BCUT2D eigenvalue weighted by Gasteiger charge is -2.35. The first kappa shape index (κ1) is 22.3. The fraction of sp³-hybridized carbons (Fsp3) is 0.440. The molecule has 4 rings (SSSR count). The number of methoxy groups -OCH3 is 2. The minimum absolute atomic E-state index is 0.0115. The van der Waals surface area contributed by atoms with E-state index in [0.29, 0.717) is 24.5 Å². The van der Waals surface area contributed by atoms with E-state index in [2.05, 4.69) is 4.90 Å². The van der Waals surface area contributed by atoms with Crippen molar-refractivity contribution in [1.29, 1.82) is 0 Å². The molecule has 0 aliphatic carbocycles. The van der Waals surface area contributed by atoms with Crippen LogP contribution >= 0.6 is 0 Å². The van der Waals surface area contributed by atoms with Crippen molar-refractivity contribution in [2.24, 2.45) is 5.10 Å². The standard InChI is InChI=1S/C25H31N3O4/c1-17-14-27(15-18(2)32-17)16-25(29)28-23(19-8-6-5-7-9-19)13-22(26-28)21-11-10-20(30-3)12-24(21)31-4/h5-12,17-18,23H,13-16H2,1-4H3. The van der Waals surface area contributed by atoms with Gasteiger partial charge < -0.3 is 14.2 Å². The molecule has 0 N–H and O–H groups in total. The highest BCUT2D eigenvalue weighted by molar-refractivity contribution is 6.05. The van der Waals surface area contributed by atoms with Crippen LogP contribution in [0.5, 0.6) is 11.5 Å². The number of amides is 1. The Labute approximate surface area is 189 Å². The topological polar surface area (TPSA) is 63.6 Å². The van der Waals surface area contributed by atoms with E-state index < -0.39 is 0 Å². The summed E-state index contributed by atoms with van der Waals surface area (Å²) >= 11 is 0. The third-order valence-electron chi connectivity index (χ3n) is 5.92. The summed E-state index contributed by atoms with van der Waals surface area (Å²) < 4.78 is 16.7. The monoisotopic (exact) mass is 437 g/mol. The van der Waals surface area contributed by atoms with Crippen molar-refractivity contribution in [1.82, 2.24) is 9.91 Å². The predicted octanol–water partition coefficient (Wildman–Crippen LogP) is 3.49. The van der Waals surface area contributed by atoms with Gasteiger partial charge in [-0.05, 0) is 31.5 Å². The van der Waals surface area contributed by atoms with Crippen molar-refractivity contribution in [2.45, 2.75) is 38.5 Å². The smallest absolute Gasteiger partial charge is 0.257 e. The highest BCUT2D eigenvalue weighted by atomic mass is 16.5. The van der Waals surface area contributed by atoms with E-state index in [1.807, 2.05) is 62.4 Å². The van der Waals surface area contributed by atoms with Crippen LogP contribution in [0.2, 0.25) is 0 Å². The molecule has 1 saturated heterocycles. The van der Waals surface area contributed by atoms with Gasteiger partial charge in [0.1, 0.15) is 11.5 Å². The molecule has 0 spiro atoms. The fourth-order valence-electron chi connectivity index (χ4n) is 4.55. The van der Waals surface area contributed by atoms with Gasteiger partial charge in [0.15, 0.2) is 0 Å². The van der Waals surface area contributed by atoms with Crippen LogP contribution in [-0.4, -0.2) is 67.6 Å². The first-order valence-electron chi connectivity index (χ1n) is 11.0. The lowest BCUT2D eigenvalue weighted by Crippen LogP contribution is -2.49. The Kier molecular flexibility index (Phi) is 6.77. The van der Waals surface area contributed by atoms with Gasteiger partial charge in [-0.1, -0.05) is 30.3 Å². The number of ether oxygens (including phenoxy) is 3. The molecule has 7 heteroatoms. The second kappa shape index (κ2) is 9.71. The minimum Gasteiger partial charge on any atom is -0.497 e. The number of carbonyl (C=O) groups is 1. The van der Waals surface area contributed by atoms with Crippen LogP contribution < -0.4 is 9.47 Å². The number of hydrazone groups is 1. The van der Waals surface area contributed by atoms with E-state index in [-0.39, 0.29) is 24.2 Å². The van der Waals surface area contributed by atoms with Crippen LogP contribution in [0.4, 0.5) is 0 Å². The lowest BCUT2D eigenvalue weighted by molar-refractivity contribution is -0.137. The zero-order valence-electron chi connectivity index (χ0n) is 19.2. The molecule has 32 heavy (non-hydrogen) atoms. The normalized spacial score (nSPS) is 23.7. The zero-order valence-corrected chi connectivity index (χ0v) is 19.2. The Morgan fingerprint density at radius 2 is 1.78 bits per heavy atom. The second-order valence-corrected chi connectivity index (χ2v) is 8.43. The first-order chi connectivity index (χ1) is 15.5. The number of nitrogens with zero attached hydrogens (tertiary/aromatic N) is 3. The van der Waals surface area contributed by atoms with E-state index in [9.17, 15) is 4.79 Å². The molecule has 7 nitrogen and oxygen atoms in total. The number of carbonyl (C=O) groups excluding carboxylic acids is 1. The SMILES string of the molecule is COc1ccc(C2=NN(C(=O)CN3CC(C)OC(C)C3)C(c3ccccc3)C2)c(OC)c1. The van der Waals surface area contributed by atoms with E-state index in [1.165, 1.54) is 0 Å². The fourth-order valence-corrected chi connectivity index (χ4v) is 4.55. The number of hydrogen-bond acceptors (Lipinski definition) is 6. The third-order valence-corrected chi connectivity index (χ3v) is 5.92. The molecule has 3 unspecified atom stereocenters. The van der Waals surface area contributed by atoms with Gasteiger partial charge in [-0.2, -0.15) is 5.10 Å². The molecule has 2 heterocycles. The van der Waals surface area contributed by atoms with Gasteiger partial charge in [0.05, 0.1) is 44.7 Å². The molecule has 170 valence electrons. The second-order valence-electron chi connectivity index (χ2n) is 8.43. The van der Waals surface area contributed by atoms with Crippen molar-refractivity contribution in [3.8, 4) is 11.5 Å². The largest absolute Gasteiger partial charge is 0.497 e. The van der Waals surface area contributed by atoms with Crippen LogP contribution in [0.25, 0.3) is 0 Å². The van der Waals surface area contributed by atoms with Crippen LogP contribution in [0.3, 0.4) is 0 Å². The molecule has 2 aliphatic rings. The van der Waals surface area contributed by atoms with Crippen LogP contribution in [0.15, 0.2) is 53.6 Å². The number of hydrogen-bond donors (Lipinski definition) is 0. The minimum atomic E-state index is -0.151. The lowest BCUT2D eigenvalue weighted by atomic mass is 9.98. The van der Waals surface area contributed by atoms with Crippen molar-refractivity contribution >= 4 is 11.6 Å². The Hall–Kier alpha value is -2.90. The Balaban J connectivity index is 1.62. The Morgan fingerprint density at radius 1 is 1.06 bits per heavy atom. The molecule has 1 amide bonds. The van der Waals surface area contributed by atoms with Gasteiger partial charge in [-0.15, -0.1) is 0 Å². The van der Waals surface area contributed by atoms with Crippen molar-refractivity contribution in [2.75, 3.05) is 33.9 Å². The molecule has 2 aromatic rings. The zero-order chi connectivity index (χ0) is 22.7. The van der Waals surface area contributed by atoms with Gasteiger partial charge >= 0.3 is 0 Å². The molecule has 0 bridgehead atoms. The van der Waals surface area contributed by atoms with Gasteiger partial charge in [-0.3, -0.25) is 9.69 Å². The maximum Gasteiger partial charge on any atom is 0.257 e. The van der Waals surface area contributed by atoms with Crippen LogP contribution in [0.1, 0.15) is 37.4 Å². The van der Waals surface area contributed by atoms with Crippen LogP contribution in [-0.2, 0) is 9.53 Å². The van der Waals surface area contributed by atoms with Gasteiger partial charge in [-0.25, -0.2) is 5.01 Å². The Bertz CT molecular complexity index is 968. The average molecular weight is 438 g/mol. The van der Waals surface area contributed by atoms with E-state index in [1.54, 1.807) is 19.2 Å². The van der Waals surface area contributed by atoms with Crippen molar-refractivity contribution in [3.05, 3.63) is 59.7 Å².